The molecule has 0 spiro atoms. The second-order valence-electron chi connectivity index (χ2n) is 5.45. The van der Waals surface area contributed by atoms with Crippen LogP contribution in [0.4, 0.5) is 0 Å². The van der Waals surface area contributed by atoms with Crippen LogP contribution in [-0.2, 0) is 6.54 Å². The van der Waals surface area contributed by atoms with E-state index < -0.39 is 0 Å². The van der Waals surface area contributed by atoms with Crippen molar-refractivity contribution in [3.63, 3.8) is 0 Å². The van der Waals surface area contributed by atoms with Crippen molar-refractivity contribution >= 4 is 11.3 Å². The molecule has 0 amide bonds. The van der Waals surface area contributed by atoms with Crippen molar-refractivity contribution in [2.45, 2.75) is 46.2 Å². The largest absolute Gasteiger partial charge is 0.309 e. The number of hydrogen-bond donors (Lipinski definition) is 1. The molecule has 1 aliphatic heterocycles. The quantitative estimate of drug-likeness (QED) is 0.880. The Hall–Kier alpha value is -0.380. The maximum Gasteiger partial charge on any atom is 0.0302 e. The van der Waals surface area contributed by atoms with Gasteiger partial charge in [0.2, 0.25) is 0 Å². The summed E-state index contributed by atoms with van der Waals surface area (Å²) < 4.78 is 0. The van der Waals surface area contributed by atoms with Gasteiger partial charge in [-0.15, -0.1) is 11.3 Å². The first-order chi connectivity index (χ1) is 8.69. The van der Waals surface area contributed by atoms with Crippen LogP contribution in [0.5, 0.6) is 0 Å². The standard InChI is InChI=1S/C15H26N2S/c1-4-17-9-7-14(8-10-17)13(3)16-11-15-6-5-12(2)18-15/h5-6,13-14,16H,4,7-11H2,1-3H3. The minimum atomic E-state index is 0.645. The molecule has 1 atom stereocenters. The molecule has 3 heteroatoms. The predicted octanol–water partition coefficient (Wildman–Crippen LogP) is 3.27. The van der Waals surface area contributed by atoms with Crippen molar-refractivity contribution in [2.24, 2.45) is 5.92 Å². The van der Waals surface area contributed by atoms with Gasteiger partial charge in [0.25, 0.3) is 0 Å². The molecule has 0 saturated carbocycles. The fourth-order valence-corrected chi connectivity index (χ4v) is 3.62. The summed E-state index contributed by atoms with van der Waals surface area (Å²) in [5.74, 6) is 0.855. The van der Waals surface area contributed by atoms with E-state index in [1.54, 1.807) is 0 Å². The normalized spacial score (nSPS) is 20.2. The van der Waals surface area contributed by atoms with Gasteiger partial charge in [0.05, 0.1) is 0 Å². The Kier molecular flexibility index (Phi) is 5.22. The van der Waals surface area contributed by atoms with Gasteiger partial charge in [0.15, 0.2) is 0 Å². The summed E-state index contributed by atoms with van der Waals surface area (Å²) in [4.78, 5) is 5.44. The zero-order valence-corrected chi connectivity index (χ0v) is 12.7. The molecule has 1 fully saturated rings. The van der Waals surface area contributed by atoms with Crippen LogP contribution in [0, 0.1) is 12.8 Å². The topological polar surface area (TPSA) is 15.3 Å². The van der Waals surface area contributed by atoms with Gasteiger partial charge in [-0.3, -0.25) is 0 Å². The van der Waals surface area contributed by atoms with Crippen molar-refractivity contribution in [2.75, 3.05) is 19.6 Å². The van der Waals surface area contributed by atoms with Gasteiger partial charge in [0, 0.05) is 22.3 Å². The van der Waals surface area contributed by atoms with Crippen LogP contribution in [-0.4, -0.2) is 30.6 Å². The van der Waals surface area contributed by atoms with Crippen LogP contribution in [0.1, 0.15) is 36.4 Å². The molecular weight excluding hydrogens is 240 g/mol. The highest BCUT2D eigenvalue weighted by atomic mass is 32.1. The molecular formula is C15H26N2S. The van der Waals surface area contributed by atoms with Crippen LogP contribution in [0.2, 0.25) is 0 Å². The number of likely N-dealkylation sites (tertiary alicyclic amines) is 1. The van der Waals surface area contributed by atoms with Crippen LogP contribution in [0.15, 0.2) is 12.1 Å². The molecule has 1 aromatic heterocycles. The van der Waals surface area contributed by atoms with Crippen molar-refractivity contribution in [3.8, 4) is 0 Å². The summed E-state index contributed by atoms with van der Waals surface area (Å²) in [6.45, 7) is 11.6. The maximum atomic E-state index is 3.71. The first-order valence-electron chi connectivity index (χ1n) is 7.20. The van der Waals surface area contributed by atoms with Gasteiger partial charge in [-0.25, -0.2) is 0 Å². The number of aryl methyl sites for hydroxylation is 1. The van der Waals surface area contributed by atoms with Crippen LogP contribution in [0.3, 0.4) is 0 Å². The Morgan fingerprint density at radius 2 is 2.11 bits per heavy atom. The lowest BCUT2D eigenvalue weighted by Gasteiger charge is -2.34. The summed E-state index contributed by atoms with van der Waals surface area (Å²) in [5, 5.41) is 3.71. The van der Waals surface area contributed by atoms with E-state index in [1.165, 1.54) is 42.2 Å². The van der Waals surface area contributed by atoms with Gasteiger partial charge in [0.1, 0.15) is 0 Å². The van der Waals surface area contributed by atoms with E-state index >= 15 is 0 Å². The van der Waals surface area contributed by atoms with Gasteiger partial charge < -0.3 is 10.2 Å². The second-order valence-corrected chi connectivity index (χ2v) is 6.83. The highest BCUT2D eigenvalue weighted by Crippen LogP contribution is 2.21. The highest BCUT2D eigenvalue weighted by molar-refractivity contribution is 7.11. The number of hydrogen-bond acceptors (Lipinski definition) is 3. The molecule has 2 nitrogen and oxygen atoms in total. The second kappa shape index (κ2) is 6.69. The first kappa shape index (κ1) is 14.0. The van der Waals surface area contributed by atoms with E-state index in [2.05, 4.69) is 43.1 Å². The number of rotatable bonds is 5. The molecule has 2 heterocycles. The molecule has 1 aliphatic rings. The van der Waals surface area contributed by atoms with Crippen molar-refractivity contribution < 1.29 is 0 Å². The Morgan fingerprint density at radius 1 is 1.39 bits per heavy atom. The third-order valence-electron chi connectivity index (χ3n) is 4.18. The average molecular weight is 266 g/mol. The van der Waals surface area contributed by atoms with Crippen molar-refractivity contribution in [1.82, 2.24) is 10.2 Å². The predicted molar refractivity (Wildman–Crippen MR) is 80.2 cm³/mol. The molecule has 0 radical (unpaired) electrons. The molecule has 0 bridgehead atoms. The summed E-state index contributed by atoms with van der Waals surface area (Å²) in [6.07, 6.45) is 2.71. The van der Waals surface area contributed by atoms with Gasteiger partial charge >= 0.3 is 0 Å². The molecule has 1 N–H and O–H groups in total. The molecule has 1 aromatic rings. The zero-order chi connectivity index (χ0) is 13.0. The Balaban J connectivity index is 1.73. The minimum Gasteiger partial charge on any atom is -0.309 e. The van der Waals surface area contributed by atoms with E-state index in [-0.39, 0.29) is 0 Å². The minimum absolute atomic E-state index is 0.645. The molecule has 1 saturated heterocycles. The fourth-order valence-electron chi connectivity index (χ4n) is 2.78. The maximum absolute atomic E-state index is 3.71. The molecule has 1 unspecified atom stereocenters. The molecule has 0 aromatic carbocycles. The van der Waals surface area contributed by atoms with Gasteiger partial charge in [-0.05, 0) is 64.4 Å². The van der Waals surface area contributed by atoms with E-state index in [1.807, 2.05) is 11.3 Å². The Labute approximate surface area is 115 Å². The van der Waals surface area contributed by atoms with Gasteiger partial charge in [-0.1, -0.05) is 6.92 Å². The lowest BCUT2D eigenvalue weighted by Crippen LogP contribution is -2.41. The van der Waals surface area contributed by atoms with E-state index in [9.17, 15) is 0 Å². The smallest absolute Gasteiger partial charge is 0.0302 e. The van der Waals surface area contributed by atoms with Crippen LogP contribution < -0.4 is 5.32 Å². The lowest BCUT2D eigenvalue weighted by atomic mass is 9.90. The number of nitrogens with one attached hydrogen (secondary N) is 1. The monoisotopic (exact) mass is 266 g/mol. The third kappa shape index (κ3) is 3.81. The molecule has 2 rings (SSSR count). The number of thiophene rings is 1. The average Bonchev–Trinajstić information content (AvgIpc) is 2.82. The van der Waals surface area contributed by atoms with E-state index in [0.29, 0.717) is 6.04 Å². The molecule has 102 valence electrons. The Bertz CT molecular complexity index is 353. The summed E-state index contributed by atoms with van der Waals surface area (Å²) in [6, 6.07) is 5.11. The molecule has 0 aliphatic carbocycles. The SMILES string of the molecule is CCN1CCC(C(C)NCc2ccc(C)s2)CC1. The van der Waals surface area contributed by atoms with E-state index in [4.69, 9.17) is 0 Å². The summed E-state index contributed by atoms with van der Waals surface area (Å²) in [7, 11) is 0. The third-order valence-corrected chi connectivity index (χ3v) is 5.18. The van der Waals surface area contributed by atoms with Crippen molar-refractivity contribution in [1.29, 1.82) is 0 Å². The van der Waals surface area contributed by atoms with Gasteiger partial charge in [-0.2, -0.15) is 0 Å². The summed E-state index contributed by atoms with van der Waals surface area (Å²) >= 11 is 1.91. The first-order valence-corrected chi connectivity index (χ1v) is 8.01. The molecule has 18 heavy (non-hydrogen) atoms. The summed E-state index contributed by atoms with van der Waals surface area (Å²) in [5.41, 5.74) is 0. The van der Waals surface area contributed by atoms with Crippen LogP contribution >= 0.6 is 11.3 Å². The van der Waals surface area contributed by atoms with E-state index in [0.717, 1.165) is 12.5 Å². The fraction of sp³-hybridized carbons (Fsp3) is 0.733. The van der Waals surface area contributed by atoms with Crippen molar-refractivity contribution in [3.05, 3.63) is 21.9 Å². The number of piperidine rings is 1. The lowest BCUT2D eigenvalue weighted by molar-refractivity contribution is 0.168. The highest BCUT2D eigenvalue weighted by Gasteiger charge is 2.22. The number of nitrogens with zero attached hydrogens (tertiary/aromatic N) is 1. The Morgan fingerprint density at radius 3 is 2.67 bits per heavy atom. The van der Waals surface area contributed by atoms with Crippen LogP contribution in [0.25, 0.3) is 0 Å². The zero-order valence-electron chi connectivity index (χ0n) is 11.9.